The normalized spacial score (nSPS) is 16.5. The zero-order valence-corrected chi connectivity index (χ0v) is 11.5. The van der Waals surface area contributed by atoms with Crippen LogP contribution in [0.2, 0.25) is 0 Å². The summed E-state index contributed by atoms with van der Waals surface area (Å²) in [5.41, 5.74) is 4.20. The topological polar surface area (TPSA) is 57.6 Å². The molecule has 0 bridgehead atoms. The van der Waals surface area contributed by atoms with E-state index in [0.29, 0.717) is 11.6 Å². The Morgan fingerprint density at radius 3 is 2.74 bits per heavy atom. The fourth-order valence-corrected chi connectivity index (χ4v) is 2.10. The van der Waals surface area contributed by atoms with Crippen LogP contribution >= 0.6 is 0 Å². The van der Waals surface area contributed by atoms with Gasteiger partial charge in [0, 0.05) is 50.1 Å². The first-order chi connectivity index (χ1) is 9.16. The van der Waals surface area contributed by atoms with Crippen molar-refractivity contribution in [2.75, 3.05) is 13.1 Å². The van der Waals surface area contributed by atoms with Crippen molar-refractivity contribution in [1.29, 1.82) is 0 Å². The minimum absolute atomic E-state index is 0.202. The number of carbonyl (C=O) groups excluding carboxylic acids is 1. The van der Waals surface area contributed by atoms with Crippen molar-refractivity contribution in [2.45, 2.75) is 32.7 Å². The van der Waals surface area contributed by atoms with Gasteiger partial charge in [0.25, 0.3) is 5.91 Å². The fourth-order valence-electron chi connectivity index (χ4n) is 2.10. The Bertz CT molecular complexity index is 446. The summed E-state index contributed by atoms with van der Waals surface area (Å²) < 4.78 is 0. The van der Waals surface area contributed by atoms with E-state index in [2.05, 4.69) is 34.3 Å². The molecule has 0 unspecified atom stereocenters. The number of rotatable bonds is 3. The highest BCUT2D eigenvalue weighted by molar-refractivity contribution is 5.95. The molecule has 0 aromatic carbocycles. The van der Waals surface area contributed by atoms with Gasteiger partial charge in [-0.15, -0.1) is 0 Å². The predicted molar refractivity (Wildman–Crippen MR) is 75.1 cm³/mol. The molecule has 1 aromatic rings. The van der Waals surface area contributed by atoms with Crippen molar-refractivity contribution in [2.24, 2.45) is 5.10 Å². The lowest BCUT2D eigenvalue weighted by atomic mass is 10.1. The average molecular weight is 260 g/mol. The van der Waals surface area contributed by atoms with Gasteiger partial charge in [-0.2, -0.15) is 5.10 Å². The third-order valence-electron chi connectivity index (χ3n) is 3.34. The van der Waals surface area contributed by atoms with Crippen molar-refractivity contribution in [1.82, 2.24) is 15.3 Å². The Kier molecular flexibility index (Phi) is 4.63. The summed E-state index contributed by atoms with van der Waals surface area (Å²) in [4.78, 5) is 18.1. The van der Waals surface area contributed by atoms with Gasteiger partial charge in [0.2, 0.25) is 0 Å². The Balaban J connectivity index is 1.85. The number of hydrogen-bond acceptors (Lipinski definition) is 4. The van der Waals surface area contributed by atoms with Crippen molar-refractivity contribution < 1.29 is 4.79 Å². The fraction of sp³-hybridized carbons (Fsp3) is 0.500. The Hall–Kier alpha value is -1.75. The van der Waals surface area contributed by atoms with E-state index >= 15 is 0 Å². The van der Waals surface area contributed by atoms with E-state index in [-0.39, 0.29) is 5.91 Å². The summed E-state index contributed by atoms with van der Waals surface area (Å²) in [7, 11) is 0. The summed E-state index contributed by atoms with van der Waals surface area (Å²) >= 11 is 0. The highest BCUT2D eigenvalue weighted by Crippen LogP contribution is 2.10. The molecule has 0 atom stereocenters. The maximum absolute atomic E-state index is 11.8. The van der Waals surface area contributed by atoms with Crippen molar-refractivity contribution in [3.05, 3.63) is 30.1 Å². The number of hydrazone groups is 1. The molecule has 0 radical (unpaired) electrons. The molecule has 1 saturated heterocycles. The van der Waals surface area contributed by atoms with Crippen LogP contribution in [-0.2, 0) is 0 Å². The first-order valence-electron chi connectivity index (χ1n) is 6.66. The molecule has 102 valence electrons. The first-order valence-corrected chi connectivity index (χ1v) is 6.66. The molecule has 2 rings (SSSR count). The number of piperidine rings is 1. The molecule has 1 fully saturated rings. The van der Waals surface area contributed by atoms with E-state index in [1.54, 1.807) is 18.3 Å². The quantitative estimate of drug-likeness (QED) is 0.841. The Morgan fingerprint density at radius 2 is 2.16 bits per heavy atom. The summed E-state index contributed by atoms with van der Waals surface area (Å²) in [5.74, 6) is -0.202. The van der Waals surface area contributed by atoms with Gasteiger partial charge in [-0.25, -0.2) is 5.43 Å². The van der Waals surface area contributed by atoms with Gasteiger partial charge in [0.1, 0.15) is 0 Å². The third-order valence-corrected chi connectivity index (χ3v) is 3.34. The van der Waals surface area contributed by atoms with Gasteiger partial charge >= 0.3 is 0 Å². The molecular formula is C14H20N4O. The monoisotopic (exact) mass is 260 g/mol. The Morgan fingerprint density at radius 1 is 1.42 bits per heavy atom. The molecule has 19 heavy (non-hydrogen) atoms. The van der Waals surface area contributed by atoms with Gasteiger partial charge in [0.15, 0.2) is 0 Å². The molecule has 0 saturated carbocycles. The van der Waals surface area contributed by atoms with Crippen molar-refractivity contribution in [3.63, 3.8) is 0 Å². The van der Waals surface area contributed by atoms with E-state index in [0.717, 1.165) is 31.6 Å². The smallest absolute Gasteiger partial charge is 0.272 e. The lowest BCUT2D eigenvalue weighted by Gasteiger charge is -2.30. The minimum atomic E-state index is -0.202. The van der Waals surface area contributed by atoms with Gasteiger partial charge in [0.05, 0.1) is 5.56 Å². The van der Waals surface area contributed by atoms with Crippen molar-refractivity contribution >= 4 is 11.6 Å². The molecule has 0 aliphatic carbocycles. The van der Waals surface area contributed by atoms with E-state index in [1.807, 2.05) is 0 Å². The number of aromatic nitrogens is 1. The number of carbonyl (C=O) groups is 1. The second kappa shape index (κ2) is 6.43. The molecule has 1 aromatic heterocycles. The Labute approximate surface area is 113 Å². The van der Waals surface area contributed by atoms with Crippen LogP contribution < -0.4 is 5.43 Å². The van der Waals surface area contributed by atoms with E-state index in [4.69, 9.17) is 0 Å². The largest absolute Gasteiger partial charge is 0.300 e. The molecular weight excluding hydrogens is 240 g/mol. The van der Waals surface area contributed by atoms with Crippen LogP contribution in [0.5, 0.6) is 0 Å². The zero-order valence-electron chi connectivity index (χ0n) is 11.5. The van der Waals surface area contributed by atoms with Crippen LogP contribution in [0.3, 0.4) is 0 Å². The average Bonchev–Trinajstić information content (AvgIpc) is 2.46. The van der Waals surface area contributed by atoms with Crippen LogP contribution in [0.15, 0.2) is 29.6 Å². The van der Waals surface area contributed by atoms with Crippen LogP contribution in [0.25, 0.3) is 0 Å². The second-order valence-electron chi connectivity index (χ2n) is 4.99. The number of pyridine rings is 1. The zero-order chi connectivity index (χ0) is 13.7. The van der Waals surface area contributed by atoms with Gasteiger partial charge in [-0.1, -0.05) is 0 Å². The van der Waals surface area contributed by atoms with Crippen LogP contribution in [-0.4, -0.2) is 40.6 Å². The maximum Gasteiger partial charge on any atom is 0.272 e. The minimum Gasteiger partial charge on any atom is -0.300 e. The molecule has 5 nitrogen and oxygen atoms in total. The highest BCUT2D eigenvalue weighted by Gasteiger charge is 2.17. The SMILES string of the molecule is CC(C)N1CCC(=NNC(=O)c2cccnc2)CC1. The number of hydrogen-bond donors (Lipinski definition) is 1. The molecule has 2 heterocycles. The number of likely N-dealkylation sites (tertiary alicyclic amines) is 1. The number of nitrogens with one attached hydrogen (secondary N) is 1. The summed E-state index contributed by atoms with van der Waals surface area (Å²) in [6.45, 7) is 6.43. The molecule has 0 spiro atoms. The van der Waals surface area contributed by atoms with Crippen LogP contribution in [0.4, 0.5) is 0 Å². The second-order valence-corrected chi connectivity index (χ2v) is 4.99. The van der Waals surface area contributed by atoms with Crippen LogP contribution in [0.1, 0.15) is 37.0 Å². The lowest BCUT2D eigenvalue weighted by molar-refractivity contribution is 0.0954. The molecule has 5 heteroatoms. The van der Waals surface area contributed by atoms with Crippen molar-refractivity contribution in [3.8, 4) is 0 Å². The number of amides is 1. The van der Waals surface area contributed by atoms with Gasteiger partial charge < -0.3 is 4.90 Å². The predicted octanol–water partition coefficient (Wildman–Crippen LogP) is 1.67. The molecule has 1 aliphatic heterocycles. The summed E-state index contributed by atoms with van der Waals surface area (Å²) in [5, 5.41) is 4.22. The lowest BCUT2D eigenvalue weighted by Crippen LogP contribution is -2.39. The molecule has 1 amide bonds. The first kappa shape index (κ1) is 13.7. The number of nitrogens with zero attached hydrogens (tertiary/aromatic N) is 3. The molecule has 1 aliphatic rings. The summed E-state index contributed by atoms with van der Waals surface area (Å²) in [6.07, 6.45) is 5.03. The molecule has 1 N–H and O–H groups in total. The maximum atomic E-state index is 11.8. The van der Waals surface area contributed by atoms with E-state index in [1.165, 1.54) is 6.20 Å². The summed E-state index contributed by atoms with van der Waals surface area (Å²) in [6, 6.07) is 4.04. The van der Waals surface area contributed by atoms with Gasteiger partial charge in [-0.05, 0) is 26.0 Å². The van der Waals surface area contributed by atoms with E-state index < -0.39 is 0 Å². The third kappa shape index (κ3) is 3.86. The van der Waals surface area contributed by atoms with Crippen LogP contribution in [0, 0.1) is 0 Å². The van der Waals surface area contributed by atoms with Gasteiger partial charge in [-0.3, -0.25) is 9.78 Å². The standard InChI is InChI=1S/C14H20N4O/c1-11(2)18-8-5-13(6-9-18)16-17-14(19)12-4-3-7-15-10-12/h3-4,7,10-11H,5-6,8-9H2,1-2H3,(H,17,19). The highest BCUT2D eigenvalue weighted by atomic mass is 16.2. The van der Waals surface area contributed by atoms with E-state index in [9.17, 15) is 4.79 Å².